The molecule has 0 unspecified atom stereocenters. The average molecular weight is 320 g/mol. The van der Waals surface area contributed by atoms with Gasteiger partial charge in [-0.15, -0.1) is 0 Å². The van der Waals surface area contributed by atoms with Gasteiger partial charge >= 0.3 is 0 Å². The van der Waals surface area contributed by atoms with Crippen molar-refractivity contribution in [3.05, 3.63) is 29.1 Å². The lowest BCUT2D eigenvalue weighted by molar-refractivity contribution is -0.128. The van der Waals surface area contributed by atoms with Gasteiger partial charge in [0.15, 0.2) is 23.3 Å². The van der Waals surface area contributed by atoms with Crippen molar-refractivity contribution in [2.24, 2.45) is 11.8 Å². The lowest BCUT2D eigenvalue weighted by Crippen LogP contribution is -2.32. The highest BCUT2D eigenvalue weighted by molar-refractivity contribution is 5.73. The van der Waals surface area contributed by atoms with E-state index in [1.165, 1.54) is 11.8 Å². The molecule has 2 aliphatic rings. The second-order valence-electron chi connectivity index (χ2n) is 5.77. The predicted molar refractivity (Wildman–Crippen MR) is 67.7 cm³/mol. The van der Waals surface area contributed by atoms with Crippen LogP contribution in [-0.2, 0) is 4.79 Å². The number of benzene rings is 1. The lowest BCUT2D eigenvalue weighted by Gasteiger charge is -2.23. The van der Waals surface area contributed by atoms with E-state index in [2.05, 4.69) is 0 Å². The zero-order chi connectivity index (χ0) is 16.2. The number of amides is 1. The van der Waals surface area contributed by atoms with Crippen LogP contribution in [0.2, 0.25) is 0 Å². The third-order valence-electron chi connectivity index (χ3n) is 4.43. The third-order valence-corrected chi connectivity index (χ3v) is 4.43. The number of carbonyl (C=O) groups is 1. The molecular weight excluding hydrogens is 307 g/mol. The van der Waals surface area contributed by atoms with Gasteiger partial charge in [0.1, 0.15) is 5.69 Å². The molecule has 0 aromatic heterocycles. The Hall–Kier alpha value is -1.86. The van der Waals surface area contributed by atoms with E-state index >= 15 is 0 Å². The van der Waals surface area contributed by atoms with Gasteiger partial charge in [0.2, 0.25) is 11.7 Å². The molecule has 0 aliphatic carbocycles. The van der Waals surface area contributed by atoms with Gasteiger partial charge in [0.25, 0.3) is 0 Å². The summed E-state index contributed by atoms with van der Waals surface area (Å²) in [6, 6.07) is 0. The molecule has 1 amide bonds. The van der Waals surface area contributed by atoms with Gasteiger partial charge in [-0.25, -0.2) is 22.0 Å². The number of likely N-dealkylation sites (tertiary alicyclic amines) is 1. The van der Waals surface area contributed by atoms with Gasteiger partial charge in [-0.3, -0.25) is 4.79 Å². The summed E-state index contributed by atoms with van der Waals surface area (Å²) in [5.74, 6) is -9.77. The number of nitrogens with zero attached hydrogens (tertiary/aromatic N) is 2. The highest BCUT2D eigenvalue weighted by atomic mass is 19.2. The summed E-state index contributed by atoms with van der Waals surface area (Å²) in [5.41, 5.74) is -0.875. The quantitative estimate of drug-likeness (QED) is 0.450. The summed E-state index contributed by atoms with van der Waals surface area (Å²) in [5, 5.41) is 0. The molecule has 0 N–H and O–H groups in total. The molecule has 0 spiro atoms. The van der Waals surface area contributed by atoms with Gasteiger partial charge in [0, 0.05) is 44.9 Å². The van der Waals surface area contributed by atoms with Crippen molar-refractivity contribution in [2.75, 3.05) is 31.1 Å². The maximum absolute atomic E-state index is 13.8. The zero-order valence-corrected chi connectivity index (χ0v) is 11.7. The number of rotatable bonds is 1. The van der Waals surface area contributed by atoms with Crippen molar-refractivity contribution < 1.29 is 26.7 Å². The molecule has 0 bridgehead atoms. The zero-order valence-electron chi connectivity index (χ0n) is 11.7. The van der Waals surface area contributed by atoms with Crippen molar-refractivity contribution in [2.45, 2.75) is 6.92 Å². The molecule has 120 valence electrons. The second-order valence-corrected chi connectivity index (χ2v) is 5.77. The molecule has 2 saturated heterocycles. The lowest BCUT2D eigenvalue weighted by atomic mass is 10.0. The molecule has 3 rings (SSSR count). The first-order chi connectivity index (χ1) is 10.3. The van der Waals surface area contributed by atoms with Crippen LogP contribution in [0.15, 0.2) is 0 Å². The van der Waals surface area contributed by atoms with E-state index in [1.807, 2.05) is 0 Å². The van der Waals surface area contributed by atoms with Crippen LogP contribution in [-0.4, -0.2) is 37.0 Å². The van der Waals surface area contributed by atoms with Crippen molar-refractivity contribution in [1.82, 2.24) is 4.90 Å². The van der Waals surface area contributed by atoms with Crippen molar-refractivity contribution >= 4 is 11.6 Å². The summed E-state index contributed by atoms with van der Waals surface area (Å²) < 4.78 is 67.2. The number of hydrogen-bond donors (Lipinski definition) is 0. The van der Waals surface area contributed by atoms with E-state index in [-0.39, 0.29) is 30.8 Å². The van der Waals surface area contributed by atoms with Gasteiger partial charge in [-0.1, -0.05) is 0 Å². The average Bonchev–Trinajstić information content (AvgIpc) is 3.02. The van der Waals surface area contributed by atoms with Crippen molar-refractivity contribution in [3.63, 3.8) is 0 Å². The largest absolute Gasteiger partial charge is 0.366 e. The Morgan fingerprint density at radius 1 is 0.818 bits per heavy atom. The number of carbonyl (C=O) groups excluding carboxylic acids is 1. The van der Waals surface area contributed by atoms with Crippen LogP contribution in [0, 0.1) is 40.9 Å². The third kappa shape index (κ3) is 2.12. The van der Waals surface area contributed by atoms with E-state index in [4.69, 9.17) is 0 Å². The molecule has 2 fully saturated rings. The Morgan fingerprint density at radius 2 is 1.23 bits per heavy atom. The predicted octanol–water partition coefficient (Wildman–Crippen LogP) is 2.30. The fraction of sp³-hybridized carbons (Fsp3) is 0.500. The monoisotopic (exact) mass is 320 g/mol. The molecule has 1 aromatic rings. The normalized spacial score (nSPS) is 24.1. The van der Waals surface area contributed by atoms with Gasteiger partial charge in [0.05, 0.1) is 0 Å². The number of hydrogen-bond acceptors (Lipinski definition) is 2. The highest BCUT2D eigenvalue weighted by Gasteiger charge is 2.43. The van der Waals surface area contributed by atoms with Gasteiger partial charge in [-0.05, 0) is 0 Å². The first-order valence-electron chi connectivity index (χ1n) is 6.83. The number of fused-ring (bicyclic) bond motifs is 1. The molecule has 3 nitrogen and oxygen atoms in total. The standard InChI is InChI=1S/C14H13F5N2O/c1-6(22)20-2-7-4-21(5-8(7)3-20)14-12(18)10(16)9(15)11(17)13(14)19/h7-8H,2-5H2,1H3/t7-,8+. The van der Waals surface area contributed by atoms with Gasteiger partial charge < -0.3 is 9.80 Å². The minimum Gasteiger partial charge on any atom is -0.366 e. The fourth-order valence-electron chi connectivity index (χ4n) is 3.30. The molecule has 0 saturated carbocycles. The SMILES string of the molecule is CC(=O)N1C[C@@H]2CN(c3c(F)c(F)c(F)c(F)c3F)C[C@@H]2C1. The van der Waals surface area contributed by atoms with Crippen LogP contribution < -0.4 is 4.90 Å². The van der Waals surface area contributed by atoms with Crippen LogP contribution in [0.1, 0.15) is 6.92 Å². The summed E-state index contributed by atoms with van der Waals surface area (Å²) in [6.45, 7) is 2.63. The number of anilines is 1. The van der Waals surface area contributed by atoms with E-state index in [0.29, 0.717) is 13.1 Å². The smallest absolute Gasteiger partial charge is 0.219 e. The summed E-state index contributed by atoms with van der Waals surface area (Å²) in [6.07, 6.45) is 0. The van der Waals surface area contributed by atoms with Crippen LogP contribution in [0.3, 0.4) is 0 Å². The first-order valence-corrected chi connectivity index (χ1v) is 6.83. The summed E-state index contributed by atoms with van der Waals surface area (Å²) in [7, 11) is 0. The summed E-state index contributed by atoms with van der Waals surface area (Å²) in [4.78, 5) is 14.1. The number of halogens is 5. The summed E-state index contributed by atoms with van der Waals surface area (Å²) >= 11 is 0. The van der Waals surface area contributed by atoms with Crippen molar-refractivity contribution in [3.8, 4) is 0 Å². The Kier molecular flexibility index (Phi) is 3.49. The molecule has 2 aliphatic heterocycles. The van der Waals surface area contributed by atoms with Crippen molar-refractivity contribution in [1.29, 1.82) is 0 Å². The molecule has 8 heteroatoms. The Bertz CT molecular complexity index is 608. The van der Waals surface area contributed by atoms with E-state index in [0.717, 1.165) is 0 Å². The molecule has 0 radical (unpaired) electrons. The maximum atomic E-state index is 13.8. The second kappa shape index (κ2) is 5.10. The van der Waals surface area contributed by atoms with E-state index in [1.54, 1.807) is 4.90 Å². The maximum Gasteiger partial charge on any atom is 0.219 e. The van der Waals surface area contributed by atoms with Crippen LogP contribution in [0.5, 0.6) is 0 Å². The molecule has 2 atom stereocenters. The Labute approximate surface area is 123 Å². The first kappa shape index (κ1) is 15.1. The topological polar surface area (TPSA) is 23.6 Å². The minimum atomic E-state index is -2.15. The minimum absolute atomic E-state index is 0.0288. The van der Waals surface area contributed by atoms with Gasteiger partial charge in [-0.2, -0.15) is 0 Å². The highest BCUT2D eigenvalue weighted by Crippen LogP contribution is 2.38. The Balaban J connectivity index is 1.89. The molecular formula is C14H13F5N2O. The molecule has 2 heterocycles. The van der Waals surface area contributed by atoms with Crippen LogP contribution in [0.4, 0.5) is 27.6 Å². The van der Waals surface area contributed by atoms with Crippen LogP contribution >= 0.6 is 0 Å². The fourth-order valence-corrected chi connectivity index (χ4v) is 3.30. The Morgan fingerprint density at radius 3 is 1.64 bits per heavy atom. The van der Waals surface area contributed by atoms with E-state index < -0.39 is 34.8 Å². The molecule has 22 heavy (non-hydrogen) atoms. The molecule has 1 aromatic carbocycles. The van der Waals surface area contributed by atoms with Crippen LogP contribution in [0.25, 0.3) is 0 Å². The van der Waals surface area contributed by atoms with E-state index in [9.17, 15) is 26.7 Å².